The molecule has 0 aromatic rings. The van der Waals surface area contributed by atoms with Gasteiger partial charge in [0.25, 0.3) is 0 Å². The minimum absolute atomic E-state index is 0.575. The molecule has 0 aliphatic rings. The van der Waals surface area contributed by atoms with Crippen LogP contribution in [0.4, 0.5) is 0 Å². The van der Waals surface area contributed by atoms with Crippen molar-refractivity contribution in [2.45, 2.75) is 27.7 Å². The molecule has 0 aromatic heterocycles. The standard InChI is InChI=1S/4C2H5O.Sb/c4*1-2-3;/h4*2H2,1H3;/q4*-1;+4. The molecule has 0 atom stereocenters. The summed E-state index contributed by atoms with van der Waals surface area (Å²) in [5.41, 5.74) is 0. The molecule has 0 aliphatic carbocycles. The monoisotopic (exact) mass is 301 g/mol. The van der Waals surface area contributed by atoms with Crippen LogP contribution in [0, 0.1) is 0 Å². The first kappa shape index (κ1) is 13.7. The summed E-state index contributed by atoms with van der Waals surface area (Å²) in [5.74, 6) is 0. The van der Waals surface area contributed by atoms with Gasteiger partial charge in [-0.3, -0.25) is 0 Å². The molecule has 0 fully saturated rings. The Labute approximate surface area is 86.8 Å². The van der Waals surface area contributed by atoms with E-state index < -0.39 is 20.5 Å². The predicted molar refractivity (Wildman–Crippen MR) is 52.3 cm³/mol. The van der Waals surface area contributed by atoms with Gasteiger partial charge in [0.05, 0.1) is 0 Å². The molecule has 0 saturated carbocycles. The van der Waals surface area contributed by atoms with Crippen LogP contribution in [0.25, 0.3) is 0 Å². The molecule has 5 heteroatoms. The summed E-state index contributed by atoms with van der Waals surface area (Å²) in [6, 6.07) is 0. The molecule has 0 aliphatic heterocycles. The van der Waals surface area contributed by atoms with Gasteiger partial charge in [-0.25, -0.2) is 0 Å². The topological polar surface area (TPSA) is 36.9 Å². The molecule has 1 radical (unpaired) electrons. The van der Waals surface area contributed by atoms with Crippen LogP contribution in [0.3, 0.4) is 0 Å². The van der Waals surface area contributed by atoms with Crippen LogP contribution < -0.4 is 0 Å². The van der Waals surface area contributed by atoms with E-state index in [1.165, 1.54) is 0 Å². The van der Waals surface area contributed by atoms with Crippen molar-refractivity contribution >= 4 is 20.5 Å². The molecule has 0 spiro atoms. The third kappa shape index (κ3) is 5.18. The van der Waals surface area contributed by atoms with Crippen LogP contribution in [0.2, 0.25) is 0 Å². The molecule has 0 rings (SSSR count). The Morgan fingerprint density at radius 2 is 0.846 bits per heavy atom. The van der Waals surface area contributed by atoms with Crippen LogP contribution in [0.15, 0.2) is 0 Å². The van der Waals surface area contributed by atoms with E-state index in [9.17, 15) is 0 Å². The van der Waals surface area contributed by atoms with E-state index in [0.717, 1.165) is 0 Å². The van der Waals surface area contributed by atoms with Gasteiger partial charge in [0, 0.05) is 0 Å². The number of hydrogen-bond donors (Lipinski definition) is 0. The maximum absolute atomic E-state index is 5.48. The number of hydrogen-bond acceptors (Lipinski definition) is 4. The zero-order chi connectivity index (χ0) is 10.2. The normalized spacial score (nSPS) is 12.0. The van der Waals surface area contributed by atoms with Gasteiger partial charge in [-0.2, -0.15) is 0 Å². The fourth-order valence-corrected chi connectivity index (χ4v) is 5.74. The van der Waals surface area contributed by atoms with Gasteiger partial charge in [0.1, 0.15) is 0 Å². The Hall–Kier alpha value is 0.658. The summed E-state index contributed by atoms with van der Waals surface area (Å²) in [4.78, 5) is 0. The summed E-state index contributed by atoms with van der Waals surface area (Å²) in [7, 11) is 0. The average Bonchev–Trinajstić information content (AvgIpc) is 2.06. The molecule has 0 N–H and O–H groups in total. The summed E-state index contributed by atoms with van der Waals surface area (Å²) >= 11 is -3.45. The summed E-state index contributed by atoms with van der Waals surface area (Å²) < 4.78 is 21.9. The fourth-order valence-electron chi connectivity index (χ4n) is 0.856. The van der Waals surface area contributed by atoms with Crippen molar-refractivity contribution in [3.05, 3.63) is 0 Å². The Balaban J connectivity index is 4.19. The van der Waals surface area contributed by atoms with E-state index in [-0.39, 0.29) is 0 Å². The fraction of sp³-hybridized carbons (Fsp3) is 1.00. The van der Waals surface area contributed by atoms with Crippen molar-refractivity contribution in [3.63, 3.8) is 0 Å². The Morgan fingerprint density at radius 1 is 0.615 bits per heavy atom. The van der Waals surface area contributed by atoms with Crippen molar-refractivity contribution in [2.75, 3.05) is 26.4 Å². The second kappa shape index (κ2) is 8.01. The molecule has 0 bridgehead atoms. The first-order valence-electron chi connectivity index (χ1n) is 4.71. The van der Waals surface area contributed by atoms with Crippen LogP contribution in [-0.2, 0) is 12.1 Å². The van der Waals surface area contributed by atoms with Gasteiger partial charge in [-0.15, -0.1) is 0 Å². The van der Waals surface area contributed by atoms with Crippen LogP contribution >= 0.6 is 0 Å². The van der Waals surface area contributed by atoms with Gasteiger partial charge < -0.3 is 0 Å². The molecular formula is C8H20O4Sb. The summed E-state index contributed by atoms with van der Waals surface area (Å²) in [6.07, 6.45) is 0. The molecular weight excluding hydrogens is 282 g/mol. The van der Waals surface area contributed by atoms with E-state index in [0.29, 0.717) is 26.4 Å². The number of rotatable bonds is 8. The third-order valence-electron chi connectivity index (χ3n) is 1.15. The molecule has 0 amide bonds. The predicted octanol–water partition coefficient (Wildman–Crippen LogP) is 1.57. The van der Waals surface area contributed by atoms with Crippen molar-refractivity contribution < 1.29 is 12.1 Å². The molecule has 4 nitrogen and oxygen atoms in total. The van der Waals surface area contributed by atoms with Gasteiger partial charge in [0.15, 0.2) is 0 Å². The van der Waals surface area contributed by atoms with Crippen molar-refractivity contribution in [3.8, 4) is 0 Å². The Morgan fingerprint density at radius 3 is 1.00 bits per heavy atom. The van der Waals surface area contributed by atoms with Crippen molar-refractivity contribution in [1.82, 2.24) is 0 Å². The van der Waals surface area contributed by atoms with E-state index in [2.05, 4.69) is 0 Å². The van der Waals surface area contributed by atoms with E-state index >= 15 is 0 Å². The van der Waals surface area contributed by atoms with E-state index in [4.69, 9.17) is 12.1 Å². The van der Waals surface area contributed by atoms with E-state index in [1.807, 2.05) is 27.7 Å². The van der Waals surface area contributed by atoms with Gasteiger partial charge in [0.2, 0.25) is 0 Å². The zero-order valence-corrected chi connectivity index (χ0v) is 11.5. The van der Waals surface area contributed by atoms with Gasteiger partial charge in [-0.05, 0) is 0 Å². The zero-order valence-electron chi connectivity index (χ0n) is 8.91. The Bertz CT molecular complexity index is 91.2. The molecule has 81 valence electrons. The van der Waals surface area contributed by atoms with E-state index in [1.54, 1.807) is 0 Å². The maximum atomic E-state index is 5.48. The third-order valence-corrected chi connectivity index (χ3v) is 7.71. The molecule has 0 heterocycles. The second-order valence-corrected chi connectivity index (χ2v) is 7.62. The molecule has 0 saturated heterocycles. The second-order valence-electron chi connectivity index (χ2n) is 2.12. The van der Waals surface area contributed by atoms with Gasteiger partial charge >= 0.3 is 86.7 Å². The summed E-state index contributed by atoms with van der Waals surface area (Å²) in [6.45, 7) is 9.97. The SMILES string of the molecule is CC[O][Sb]([O]CC)([O]CC)[O]CC. The summed E-state index contributed by atoms with van der Waals surface area (Å²) in [5, 5.41) is 0. The first-order chi connectivity index (χ1) is 6.24. The molecule has 0 unspecified atom stereocenters. The minimum atomic E-state index is -3.45. The molecule has 13 heavy (non-hydrogen) atoms. The average molecular weight is 302 g/mol. The van der Waals surface area contributed by atoms with Crippen LogP contribution in [-0.4, -0.2) is 46.9 Å². The first-order valence-corrected chi connectivity index (χ1v) is 8.88. The van der Waals surface area contributed by atoms with Crippen molar-refractivity contribution in [1.29, 1.82) is 0 Å². The van der Waals surface area contributed by atoms with Gasteiger partial charge in [-0.1, -0.05) is 0 Å². The Kier molecular flexibility index (Phi) is 8.41. The van der Waals surface area contributed by atoms with Crippen molar-refractivity contribution in [2.24, 2.45) is 0 Å². The quantitative estimate of drug-likeness (QED) is 0.638. The molecule has 0 aromatic carbocycles. The van der Waals surface area contributed by atoms with Crippen LogP contribution in [0.5, 0.6) is 0 Å². The van der Waals surface area contributed by atoms with Crippen LogP contribution in [0.1, 0.15) is 27.7 Å².